The molecule has 3 rings (SSSR count). The zero-order chi connectivity index (χ0) is 19.7. The Hall–Kier alpha value is -2.04. The first kappa shape index (κ1) is 23.2. The van der Waals surface area contributed by atoms with Gasteiger partial charge in [0.1, 0.15) is 11.5 Å². The average molecular weight is 400 g/mol. The van der Waals surface area contributed by atoms with Gasteiger partial charge in [0.2, 0.25) is 0 Å². The number of nitrogens with zero attached hydrogens (tertiary/aromatic N) is 1. The molecule has 0 bridgehead atoms. The lowest BCUT2D eigenvalue weighted by atomic mass is 10.0. The van der Waals surface area contributed by atoms with Crippen molar-refractivity contribution in [3.63, 3.8) is 0 Å². The topological polar surface area (TPSA) is 48.5 Å². The van der Waals surface area contributed by atoms with E-state index in [0.29, 0.717) is 0 Å². The number of rotatable bonds is 10. The third kappa shape index (κ3) is 7.06. The van der Waals surface area contributed by atoms with Crippen LogP contribution in [0.15, 0.2) is 48.5 Å². The van der Waals surface area contributed by atoms with Crippen molar-refractivity contribution in [2.75, 3.05) is 40.4 Å². The first-order valence-corrected chi connectivity index (χ1v) is 10.8. The van der Waals surface area contributed by atoms with Crippen molar-refractivity contribution >= 4 is 0 Å². The first-order chi connectivity index (χ1) is 13.7. The summed E-state index contributed by atoms with van der Waals surface area (Å²) in [5.74, 6) is 1.94. The Balaban J connectivity index is 0.00000300. The highest BCUT2D eigenvalue weighted by Crippen LogP contribution is 2.23. The molecule has 0 saturated carbocycles. The number of ether oxygens (including phenoxy) is 2. The van der Waals surface area contributed by atoms with Crippen molar-refractivity contribution in [3.8, 4) is 11.5 Å². The zero-order valence-electron chi connectivity index (χ0n) is 18.1. The zero-order valence-corrected chi connectivity index (χ0v) is 18.1. The lowest BCUT2D eigenvalue weighted by Crippen LogP contribution is -2.52. The maximum Gasteiger partial charge on any atom is 0.119 e. The van der Waals surface area contributed by atoms with Gasteiger partial charge in [-0.2, -0.15) is 0 Å². The van der Waals surface area contributed by atoms with Crippen LogP contribution in [0.2, 0.25) is 0 Å². The number of likely N-dealkylation sites (tertiary alicyclic amines) is 1. The molecule has 4 heteroatoms. The second-order valence-corrected chi connectivity index (χ2v) is 8.21. The average Bonchev–Trinajstić information content (AvgIpc) is 2.75. The van der Waals surface area contributed by atoms with E-state index < -0.39 is 0 Å². The summed E-state index contributed by atoms with van der Waals surface area (Å²) >= 11 is 0. The summed E-state index contributed by atoms with van der Waals surface area (Å²) in [7, 11) is 3.49. The monoisotopic (exact) mass is 399 g/mol. The molecule has 1 aliphatic heterocycles. The molecule has 1 fully saturated rings. The Morgan fingerprint density at radius 2 is 1.21 bits per heavy atom. The number of hydrogen-bond acceptors (Lipinski definition) is 3. The van der Waals surface area contributed by atoms with Crippen LogP contribution in [0.1, 0.15) is 43.2 Å². The number of methoxy groups -OCH3 is 2. The van der Waals surface area contributed by atoms with Crippen molar-refractivity contribution in [1.82, 2.24) is 0 Å². The van der Waals surface area contributed by atoms with Crippen LogP contribution in [0, 0.1) is 0 Å². The van der Waals surface area contributed by atoms with E-state index in [0.717, 1.165) is 24.3 Å². The molecule has 0 aliphatic carbocycles. The maximum atomic E-state index is 5.37. The summed E-state index contributed by atoms with van der Waals surface area (Å²) in [6.07, 6.45) is 8.99. The van der Waals surface area contributed by atoms with Crippen LogP contribution in [-0.2, 0) is 12.8 Å². The van der Waals surface area contributed by atoms with Gasteiger partial charge in [-0.05, 0) is 67.5 Å². The fourth-order valence-corrected chi connectivity index (χ4v) is 4.64. The Bertz CT molecular complexity index is 670. The molecule has 2 aromatic rings. The molecule has 160 valence electrons. The summed E-state index contributed by atoms with van der Waals surface area (Å²) < 4.78 is 12.1. The third-order valence-corrected chi connectivity index (χ3v) is 6.23. The molecule has 29 heavy (non-hydrogen) atoms. The van der Waals surface area contributed by atoms with E-state index in [1.807, 2.05) is 12.1 Å². The summed E-state index contributed by atoms with van der Waals surface area (Å²) in [6, 6.07) is 17.1. The second-order valence-electron chi connectivity index (χ2n) is 8.21. The largest absolute Gasteiger partial charge is 0.870 e. The van der Waals surface area contributed by atoms with Gasteiger partial charge in [0.25, 0.3) is 0 Å². The number of hydrogen-bond donors (Lipinski definition) is 0. The van der Waals surface area contributed by atoms with Gasteiger partial charge in [-0.3, -0.25) is 0 Å². The molecule has 1 saturated heterocycles. The quantitative estimate of drug-likeness (QED) is 0.523. The Morgan fingerprint density at radius 1 is 0.724 bits per heavy atom. The highest BCUT2D eigenvalue weighted by atomic mass is 16.5. The third-order valence-electron chi connectivity index (χ3n) is 6.23. The van der Waals surface area contributed by atoms with Gasteiger partial charge in [0, 0.05) is 12.8 Å². The number of aryl methyl sites for hydroxylation is 2. The maximum absolute atomic E-state index is 5.37. The predicted octanol–water partition coefficient (Wildman–Crippen LogP) is 5.09. The molecule has 0 spiro atoms. The van der Waals surface area contributed by atoms with Gasteiger partial charge >= 0.3 is 0 Å². The van der Waals surface area contributed by atoms with Gasteiger partial charge in [0.05, 0.1) is 40.4 Å². The van der Waals surface area contributed by atoms with Gasteiger partial charge in [-0.1, -0.05) is 24.3 Å². The number of quaternary nitrogens is 1. The van der Waals surface area contributed by atoms with Crippen molar-refractivity contribution in [2.45, 2.75) is 44.9 Å². The summed E-state index contributed by atoms with van der Waals surface area (Å²) in [6.45, 7) is 5.32. The molecule has 1 N–H and O–H groups in total. The van der Waals surface area contributed by atoms with Crippen LogP contribution < -0.4 is 9.47 Å². The number of piperidine rings is 1. The number of benzene rings is 2. The molecule has 0 atom stereocenters. The Kier molecular flexibility index (Phi) is 9.49. The van der Waals surface area contributed by atoms with Crippen molar-refractivity contribution in [3.05, 3.63) is 59.7 Å². The van der Waals surface area contributed by atoms with Gasteiger partial charge in [-0.25, -0.2) is 0 Å². The fraction of sp³-hybridized carbons (Fsp3) is 0.520. The molecule has 4 nitrogen and oxygen atoms in total. The Labute approximate surface area is 176 Å². The van der Waals surface area contributed by atoms with Gasteiger partial charge < -0.3 is 19.4 Å². The van der Waals surface area contributed by atoms with Crippen LogP contribution in [0.25, 0.3) is 0 Å². The summed E-state index contributed by atoms with van der Waals surface area (Å²) in [5.41, 5.74) is 2.79. The molecule has 0 aromatic heterocycles. The van der Waals surface area contributed by atoms with E-state index in [4.69, 9.17) is 9.47 Å². The van der Waals surface area contributed by atoms with Gasteiger partial charge in [0.15, 0.2) is 0 Å². The minimum Gasteiger partial charge on any atom is -0.870 e. The van der Waals surface area contributed by atoms with E-state index in [1.165, 1.54) is 73.9 Å². The SMILES string of the molecule is COc1cccc(CCC[N+]2(CCCc3cccc(OC)c3)CCCCC2)c1.[OH-]. The van der Waals surface area contributed by atoms with Crippen LogP contribution in [0.3, 0.4) is 0 Å². The second kappa shape index (κ2) is 11.8. The Morgan fingerprint density at radius 3 is 1.66 bits per heavy atom. The molecule has 1 aliphatic rings. The highest BCUT2D eigenvalue weighted by Gasteiger charge is 2.28. The summed E-state index contributed by atoms with van der Waals surface area (Å²) in [4.78, 5) is 0. The fourth-order valence-electron chi connectivity index (χ4n) is 4.64. The molecule has 0 radical (unpaired) electrons. The molecular formula is C25H37NO3. The minimum atomic E-state index is 0. The van der Waals surface area contributed by atoms with Crippen LogP contribution in [0.4, 0.5) is 0 Å². The molecule has 2 aromatic carbocycles. The lowest BCUT2D eigenvalue weighted by Gasteiger charge is -2.42. The van der Waals surface area contributed by atoms with E-state index >= 15 is 0 Å². The van der Waals surface area contributed by atoms with E-state index in [9.17, 15) is 0 Å². The minimum absolute atomic E-state index is 0. The van der Waals surface area contributed by atoms with Crippen molar-refractivity contribution in [2.24, 2.45) is 0 Å². The van der Waals surface area contributed by atoms with E-state index in [2.05, 4.69) is 36.4 Å². The first-order valence-electron chi connectivity index (χ1n) is 10.8. The molecule has 0 unspecified atom stereocenters. The van der Waals surface area contributed by atoms with Gasteiger partial charge in [-0.15, -0.1) is 0 Å². The lowest BCUT2D eigenvalue weighted by molar-refractivity contribution is -0.932. The van der Waals surface area contributed by atoms with Crippen LogP contribution in [0.5, 0.6) is 11.5 Å². The normalized spacial score (nSPS) is 15.4. The molecule has 1 heterocycles. The highest BCUT2D eigenvalue weighted by molar-refractivity contribution is 5.29. The molecule has 0 amide bonds. The van der Waals surface area contributed by atoms with Crippen molar-refractivity contribution in [1.29, 1.82) is 0 Å². The summed E-state index contributed by atoms with van der Waals surface area (Å²) in [5, 5.41) is 0. The smallest absolute Gasteiger partial charge is 0.119 e. The predicted molar refractivity (Wildman–Crippen MR) is 118 cm³/mol. The standard InChI is InChI=1S/C25H36NO2.H2O/c1-27-24-14-6-10-22(20-24)12-8-18-26(16-4-3-5-17-26)19-9-13-23-11-7-15-25(21-23)28-2;/h6-7,10-11,14-15,20-21H,3-5,8-9,12-13,16-19H2,1-2H3;1H2/q+1;/p-1. The molecular weight excluding hydrogens is 362 g/mol. The van der Waals surface area contributed by atoms with Crippen LogP contribution in [-0.4, -0.2) is 50.4 Å². The van der Waals surface area contributed by atoms with Crippen molar-refractivity contribution < 1.29 is 19.4 Å². The van der Waals surface area contributed by atoms with Crippen LogP contribution >= 0.6 is 0 Å². The van der Waals surface area contributed by atoms with E-state index in [-0.39, 0.29) is 5.48 Å². The van der Waals surface area contributed by atoms with E-state index in [1.54, 1.807) is 14.2 Å².